The first-order valence-corrected chi connectivity index (χ1v) is 13.7. The van der Waals surface area contributed by atoms with Gasteiger partial charge in [0.15, 0.2) is 18.3 Å². The van der Waals surface area contributed by atoms with Crippen molar-refractivity contribution in [2.45, 2.75) is 40.5 Å². The van der Waals surface area contributed by atoms with Gasteiger partial charge < -0.3 is 28.7 Å². The van der Waals surface area contributed by atoms with Gasteiger partial charge in [-0.15, -0.1) is 0 Å². The Labute approximate surface area is 250 Å². The average molecular weight is 586 g/mol. The van der Waals surface area contributed by atoms with E-state index >= 15 is 0 Å². The second kappa shape index (κ2) is 13.8. The van der Waals surface area contributed by atoms with E-state index in [0.29, 0.717) is 52.2 Å². The maximum Gasteiger partial charge on any atom is 0.360 e. The van der Waals surface area contributed by atoms with E-state index in [1.807, 2.05) is 57.2 Å². The topological polar surface area (TPSA) is 113 Å². The lowest BCUT2D eigenvalue weighted by Crippen LogP contribution is -2.18. The average Bonchev–Trinajstić information content (AvgIpc) is 2.97. The Morgan fingerprint density at radius 2 is 1.67 bits per heavy atom. The SMILES string of the molecule is COCOc1ccc(Cc2ccc3cc(NC(=O)c4ccc(OC(C)=O)c(CC=C(C)C)c4)c(=O)oc3c2C)cc1OC. The molecular formula is C34H35NO8. The molecule has 0 aliphatic carbocycles. The predicted octanol–water partition coefficient (Wildman–Crippen LogP) is 6.37. The van der Waals surface area contributed by atoms with Crippen LogP contribution in [0.4, 0.5) is 5.69 Å². The van der Waals surface area contributed by atoms with E-state index in [4.69, 9.17) is 23.4 Å². The van der Waals surface area contributed by atoms with Gasteiger partial charge in [-0.25, -0.2) is 4.79 Å². The van der Waals surface area contributed by atoms with Crippen molar-refractivity contribution in [2.75, 3.05) is 26.3 Å². The number of benzene rings is 3. The fourth-order valence-corrected chi connectivity index (χ4v) is 4.57. The van der Waals surface area contributed by atoms with E-state index in [9.17, 15) is 14.4 Å². The molecule has 0 radical (unpaired) electrons. The van der Waals surface area contributed by atoms with Gasteiger partial charge in [-0.05, 0) is 92.3 Å². The van der Waals surface area contributed by atoms with Gasteiger partial charge >= 0.3 is 11.6 Å². The molecule has 3 aromatic carbocycles. The quantitative estimate of drug-likeness (QED) is 0.0710. The monoisotopic (exact) mass is 585 g/mol. The summed E-state index contributed by atoms with van der Waals surface area (Å²) in [6.45, 7) is 7.25. The molecule has 1 amide bonds. The Balaban J connectivity index is 1.58. The van der Waals surface area contributed by atoms with Gasteiger partial charge in [0.25, 0.3) is 5.91 Å². The molecular weight excluding hydrogens is 550 g/mol. The van der Waals surface area contributed by atoms with E-state index in [1.165, 1.54) is 6.92 Å². The fourth-order valence-electron chi connectivity index (χ4n) is 4.57. The lowest BCUT2D eigenvalue weighted by atomic mass is 9.98. The number of allylic oxidation sites excluding steroid dienone is 2. The third-order valence-electron chi connectivity index (χ3n) is 6.77. The molecule has 0 saturated carbocycles. The first kappa shape index (κ1) is 31.1. The van der Waals surface area contributed by atoms with Crippen molar-refractivity contribution < 1.29 is 33.0 Å². The fraction of sp³-hybridized carbons (Fsp3) is 0.265. The lowest BCUT2D eigenvalue weighted by molar-refractivity contribution is -0.131. The maximum atomic E-state index is 13.1. The number of hydrogen-bond donors (Lipinski definition) is 1. The van der Waals surface area contributed by atoms with Gasteiger partial charge in [0.2, 0.25) is 0 Å². The van der Waals surface area contributed by atoms with Crippen molar-refractivity contribution in [2.24, 2.45) is 0 Å². The molecule has 0 aliphatic rings. The van der Waals surface area contributed by atoms with Crippen LogP contribution in [0, 0.1) is 6.92 Å². The van der Waals surface area contributed by atoms with Gasteiger partial charge in [0.05, 0.1) is 7.11 Å². The third kappa shape index (κ3) is 7.69. The zero-order valence-electron chi connectivity index (χ0n) is 25.2. The van der Waals surface area contributed by atoms with Gasteiger partial charge in [-0.3, -0.25) is 9.59 Å². The molecule has 1 heterocycles. The molecule has 9 heteroatoms. The number of carbonyl (C=O) groups excluding carboxylic acids is 2. The number of hydrogen-bond acceptors (Lipinski definition) is 8. The van der Waals surface area contributed by atoms with Crippen molar-refractivity contribution in [1.82, 2.24) is 0 Å². The molecule has 0 spiro atoms. The lowest BCUT2D eigenvalue weighted by Gasteiger charge is -2.13. The van der Waals surface area contributed by atoms with Gasteiger partial charge in [-0.1, -0.05) is 29.8 Å². The summed E-state index contributed by atoms with van der Waals surface area (Å²) in [5, 5.41) is 3.35. The zero-order valence-corrected chi connectivity index (χ0v) is 25.2. The summed E-state index contributed by atoms with van der Waals surface area (Å²) >= 11 is 0. The Kier molecular flexibility index (Phi) is 10.0. The van der Waals surface area contributed by atoms with Crippen LogP contribution < -0.4 is 25.2 Å². The maximum absolute atomic E-state index is 13.1. The van der Waals surface area contributed by atoms with Gasteiger partial charge in [0, 0.05) is 25.0 Å². The van der Waals surface area contributed by atoms with Crippen LogP contribution in [0.1, 0.15) is 53.4 Å². The standard InChI is InChI=1S/C34H35NO8/c1-20(2)7-9-25-17-27(12-14-29(25)42-22(4)36)33(37)35-28-18-26-11-10-24(21(3)32(26)43-34(28)38)15-23-8-13-30(41-19-39-5)31(16-23)40-6/h7-8,10-14,16-18H,9,15,19H2,1-6H3,(H,35,37). The van der Waals surface area contributed by atoms with E-state index in [0.717, 1.165) is 22.3 Å². The second-order valence-electron chi connectivity index (χ2n) is 10.3. The highest BCUT2D eigenvalue weighted by Gasteiger charge is 2.16. The Hall–Kier alpha value is -4.89. The molecule has 4 rings (SSSR count). The van der Waals surface area contributed by atoms with E-state index in [-0.39, 0.29) is 12.5 Å². The van der Waals surface area contributed by atoms with Gasteiger partial charge in [-0.2, -0.15) is 0 Å². The van der Waals surface area contributed by atoms with Crippen LogP contribution in [-0.2, 0) is 22.4 Å². The number of ether oxygens (including phenoxy) is 4. The highest BCUT2D eigenvalue weighted by atomic mass is 16.7. The molecule has 43 heavy (non-hydrogen) atoms. The smallest absolute Gasteiger partial charge is 0.360 e. The van der Waals surface area contributed by atoms with Crippen LogP contribution in [0.3, 0.4) is 0 Å². The number of anilines is 1. The Bertz CT molecular complexity index is 1750. The predicted molar refractivity (Wildman–Crippen MR) is 164 cm³/mol. The number of rotatable bonds is 11. The summed E-state index contributed by atoms with van der Waals surface area (Å²) in [6, 6.07) is 15.9. The van der Waals surface area contributed by atoms with Crippen molar-refractivity contribution in [3.05, 3.63) is 104 Å². The van der Waals surface area contributed by atoms with E-state index in [1.54, 1.807) is 38.5 Å². The summed E-state index contributed by atoms with van der Waals surface area (Å²) in [7, 11) is 3.13. The van der Waals surface area contributed by atoms with Crippen LogP contribution in [0.2, 0.25) is 0 Å². The molecule has 0 saturated heterocycles. The van der Waals surface area contributed by atoms with Crippen LogP contribution in [-0.4, -0.2) is 32.9 Å². The Morgan fingerprint density at radius 1 is 0.907 bits per heavy atom. The number of fused-ring (bicyclic) bond motifs is 1. The minimum absolute atomic E-state index is 0.0240. The zero-order chi connectivity index (χ0) is 31.1. The minimum atomic E-state index is -0.663. The van der Waals surface area contributed by atoms with Crippen LogP contribution >= 0.6 is 0 Å². The third-order valence-corrected chi connectivity index (χ3v) is 6.77. The molecule has 0 fully saturated rings. The van der Waals surface area contributed by atoms with Gasteiger partial charge in [0.1, 0.15) is 17.0 Å². The molecule has 1 aromatic heterocycles. The van der Waals surface area contributed by atoms with Crippen LogP contribution in [0.25, 0.3) is 11.0 Å². The van der Waals surface area contributed by atoms with Crippen molar-refractivity contribution >= 4 is 28.5 Å². The van der Waals surface area contributed by atoms with Crippen LogP contribution in [0.15, 0.2) is 75.5 Å². The summed E-state index contributed by atoms with van der Waals surface area (Å²) in [6.07, 6.45) is 3.02. The van der Waals surface area contributed by atoms with Crippen molar-refractivity contribution in [3.63, 3.8) is 0 Å². The summed E-state index contributed by atoms with van der Waals surface area (Å²) in [4.78, 5) is 37.6. The molecule has 0 bridgehead atoms. The summed E-state index contributed by atoms with van der Waals surface area (Å²) in [5.74, 6) is 0.609. The highest BCUT2D eigenvalue weighted by Crippen LogP contribution is 2.31. The van der Waals surface area contributed by atoms with E-state index in [2.05, 4.69) is 5.32 Å². The first-order valence-electron chi connectivity index (χ1n) is 13.7. The molecule has 9 nitrogen and oxygen atoms in total. The molecule has 4 aromatic rings. The number of carbonyl (C=O) groups is 2. The number of esters is 1. The summed E-state index contributed by atoms with van der Waals surface area (Å²) < 4.78 is 27.0. The van der Waals surface area contributed by atoms with Crippen molar-refractivity contribution in [1.29, 1.82) is 0 Å². The summed E-state index contributed by atoms with van der Waals surface area (Å²) in [5.41, 5.74) is 4.65. The number of amides is 1. The highest BCUT2D eigenvalue weighted by molar-refractivity contribution is 6.05. The van der Waals surface area contributed by atoms with E-state index < -0.39 is 17.5 Å². The number of aryl methyl sites for hydroxylation is 1. The molecule has 224 valence electrons. The molecule has 1 N–H and O–H groups in total. The first-order chi connectivity index (χ1) is 20.6. The van der Waals surface area contributed by atoms with Crippen molar-refractivity contribution in [3.8, 4) is 17.2 Å². The second-order valence-corrected chi connectivity index (χ2v) is 10.3. The minimum Gasteiger partial charge on any atom is -0.493 e. The molecule has 0 unspecified atom stereocenters. The Morgan fingerprint density at radius 3 is 2.37 bits per heavy atom. The molecule has 0 atom stereocenters. The molecule has 0 aliphatic heterocycles. The number of nitrogens with one attached hydrogen (secondary N) is 1. The normalized spacial score (nSPS) is 10.7. The van der Waals surface area contributed by atoms with Crippen LogP contribution in [0.5, 0.6) is 17.2 Å². The largest absolute Gasteiger partial charge is 0.493 e. The number of methoxy groups -OCH3 is 2.